The number of aromatic amines is 1. The second-order valence-corrected chi connectivity index (χ2v) is 4.78. The molecule has 0 saturated carbocycles. The lowest BCUT2D eigenvalue weighted by molar-refractivity contribution is 0.0698. The highest BCUT2D eigenvalue weighted by Crippen LogP contribution is 2.29. The first kappa shape index (κ1) is 14.5. The van der Waals surface area contributed by atoms with Gasteiger partial charge in [0, 0.05) is 6.07 Å². The van der Waals surface area contributed by atoms with Gasteiger partial charge in [0.15, 0.2) is 0 Å². The highest BCUT2D eigenvalue weighted by atomic mass is 16.4. The summed E-state index contributed by atoms with van der Waals surface area (Å²) < 4.78 is 0. The molecule has 1 aromatic heterocycles. The second kappa shape index (κ2) is 5.72. The van der Waals surface area contributed by atoms with Gasteiger partial charge < -0.3 is 10.2 Å². The van der Waals surface area contributed by atoms with Crippen LogP contribution in [0.4, 0.5) is 11.4 Å². The molecule has 0 aliphatic heterocycles. The quantitative estimate of drug-likeness (QED) is 0.643. The number of pyridine rings is 1. The Morgan fingerprint density at radius 1 is 0.957 bits per heavy atom. The van der Waals surface area contributed by atoms with Crippen LogP contribution in [0.15, 0.2) is 63.6 Å². The zero-order chi connectivity index (χ0) is 16.4. The van der Waals surface area contributed by atoms with E-state index in [1.54, 1.807) is 12.1 Å². The zero-order valence-corrected chi connectivity index (χ0v) is 11.7. The first-order valence-electron chi connectivity index (χ1n) is 6.65. The van der Waals surface area contributed by atoms with E-state index >= 15 is 0 Å². The van der Waals surface area contributed by atoms with Gasteiger partial charge in [-0.2, -0.15) is 0 Å². The first-order valence-corrected chi connectivity index (χ1v) is 6.65. The largest absolute Gasteiger partial charge is 0.493 e. The Bertz CT molecular complexity index is 992. The number of nitrogens with one attached hydrogen (secondary N) is 1. The van der Waals surface area contributed by atoms with Crippen LogP contribution in [-0.2, 0) is 0 Å². The summed E-state index contributed by atoms with van der Waals surface area (Å²) in [5.41, 5.74) is -0.286. The lowest BCUT2D eigenvalue weighted by Crippen LogP contribution is -2.01. The van der Waals surface area contributed by atoms with Crippen LogP contribution in [0.1, 0.15) is 10.4 Å². The number of aromatic nitrogens is 1. The van der Waals surface area contributed by atoms with Crippen molar-refractivity contribution in [3.05, 3.63) is 64.4 Å². The molecule has 0 aliphatic carbocycles. The lowest BCUT2D eigenvalue weighted by atomic mass is 10.1. The number of H-pyrrole nitrogens is 1. The SMILES string of the molecule is O=C(O)c1cc2ccccc2cc1N=Nc1ccc(=O)[nH]c1O. The Hall–Kier alpha value is -3.48. The number of carboxylic acid groups (broad SMARTS) is 1. The molecule has 1 heterocycles. The fourth-order valence-corrected chi connectivity index (χ4v) is 2.13. The number of benzene rings is 2. The molecule has 114 valence electrons. The molecule has 0 atom stereocenters. The molecule has 0 fully saturated rings. The average Bonchev–Trinajstić information content (AvgIpc) is 2.53. The van der Waals surface area contributed by atoms with Gasteiger partial charge in [-0.05, 0) is 29.0 Å². The van der Waals surface area contributed by atoms with Gasteiger partial charge in [-0.25, -0.2) is 4.79 Å². The van der Waals surface area contributed by atoms with E-state index in [1.807, 2.05) is 18.2 Å². The third kappa shape index (κ3) is 2.93. The number of carboxylic acids is 1. The van der Waals surface area contributed by atoms with Crippen LogP contribution in [0.5, 0.6) is 5.88 Å². The predicted octanol–water partition coefficient (Wildman–Crippen LogP) is 3.35. The minimum atomic E-state index is -1.13. The van der Waals surface area contributed by atoms with E-state index in [-0.39, 0.29) is 16.9 Å². The Morgan fingerprint density at radius 3 is 2.26 bits per heavy atom. The van der Waals surface area contributed by atoms with Crippen molar-refractivity contribution in [2.45, 2.75) is 0 Å². The summed E-state index contributed by atoms with van der Waals surface area (Å²) in [5, 5.41) is 28.2. The summed E-state index contributed by atoms with van der Waals surface area (Å²) in [5.74, 6) is -1.56. The minimum Gasteiger partial charge on any atom is -0.493 e. The smallest absolute Gasteiger partial charge is 0.337 e. The number of hydrogen-bond acceptors (Lipinski definition) is 5. The summed E-state index contributed by atoms with van der Waals surface area (Å²) in [7, 11) is 0. The number of rotatable bonds is 3. The molecule has 0 aliphatic rings. The van der Waals surface area contributed by atoms with Crippen molar-refractivity contribution in [3.63, 3.8) is 0 Å². The topological polar surface area (TPSA) is 115 Å². The van der Waals surface area contributed by atoms with Crippen LogP contribution in [0.25, 0.3) is 10.8 Å². The van der Waals surface area contributed by atoms with Crippen molar-refractivity contribution >= 4 is 28.1 Å². The van der Waals surface area contributed by atoms with Gasteiger partial charge >= 0.3 is 5.97 Å². The number of fused-ring (bicyclic) bond motifs is 1. The van der Waals surface area contributed by atoms with Gasteiger partial charge in [0.2, 0.25) is 5.88 Å². The standard InChI is InChI=1S/C16H11N3O4/c20-14-6-5-12(15(21)17-14)18-19-13-8-10-4-2-1-3-9(10)7-11(13)16(22)23/h1-8H,(H,22,23)(H2,17,20,21). The molecule has 3 rings (SSSR count). The number of nitrogens with zero attached hydrogens (tertiary/aromatic N) is 2. The molecule has 3 aromatic rings. The van der Waals surface area contributed by atoms with Crippen molar-refractivity contribution < 1.29 is 15.0 Å². The summed E-state index contributed by atoms with van der Waals surface area (Å²) >= 11 is 0. The molecule has 3 N–H and O–H groups in total. The van der Waals surface area contributed by atoms with Crippen molar-refractivity contribution in [2.75, 3.05) is 0 Å². The van der Waals surface area contributed by atoms with E-state index in [0.29, 0.717) is 0 Å². The summed E-state index contributed by atoms with van der Waals surface area (Å²) in [6, 6.07) is 12.9. The average molecular weight is 309 g/mol. The van der Waals surface area contributed by atoms with E-state index in [9.17, 15) is 19.8 Å². The Kier molecular flexibility index (Phi) is 3.60. The molecule has 0 amide bonds. The number of hydrogen-bond donors (Lipinski definition) is 3. The molecular formula is C16H11N3O4. The van der Waals surface area contributed by atoms with E-state index in [0.717, 1.165) is 10.8 Å². The van der Waals surface area contributed by atoms with Crippen LogP contribution in [0.3, 0.4) is 0 Å². The molecule has 0 bridgehead atoms. The molecule has 2 aromatic carbocycles. The van der Waals surface area contributed by atoms with Crippen LogP contribution in [-0.4, -0.2) is 21.2 Å². The maximum atomic E-state index is 11.4. The summed E-state index contributed by atoms with van der Waals surface area (Å²) in [6.07, 6.45) is 0. The summed E-state index contributed by atoms with van der Waals surface area (Å²) in [6.45, 7) is 0. The number of aromatic carboxylic acids is 1. The van der Waals surface area contributed by atoms with Gasteiger partial charge in [0.25, 0.3) is 5.56 Å². The maximum Gasteiger partial charge on any atom is 0.337 e. The van der Waals surface area contributed by atoms with Gasteiger partial charge in [0.1, 0.15) is 11.4 Å². The molecule has 0 radical (unpaired) electrons. The first-order chi connectivity index (χ1) is 11.0. The van der Waals surface area contributed by atoms with E-state index < -0.39 is 17.4 Å². The number of aromatic hydroxyl groups is 1. The maximum absolute atomic E-state index is 11.4. The van der Waals surface area contributed by atoms with Crippen molar-refractivity contribution in [1.82, 2.24) is 4.98 Å². The Balaban J connectivity index is 2.10. The minimum absolute atomic E-state index is 0.00337. The third-order valence-corrected chi connectivity index (χ3v) is 3.24. The number of carbonyl (C=O) groups is 1. The van der Waals surface area contributed by atoms with Crippen LogP contribution in [0, 0.1) is 0 Å². The Labute approximate surface area is 129 Å². The van der Waals surface area contributed by atoms with E-state index in [2.05, 4.69) is 15.2 Å². The fourth-order valence-electron chi connectivity index (χ4n) is 2.13. The number of azo groups is 1. The molecule has 23 heavy (non-hydrogen) atoms. The van der Waals surface area contributed by atoms with Gasteiger partial charge in [-0.15, -0.1) is 10.2 Å². The molecule has 7 nitrogen and oxygen atoms in total. The highest BCUT2D eigenvalue weighted by molar-refractivity contribution is 6.00. The molecule has 0 saturated heterocycles. The molecule has 7 heteroatoms. The van der Waals surface area contributed by atoms with Crippen molar-refractivity contribution in [3.8, 4) is 5.88 Å². The Morgan fingerprint density at radius 2 is 1.61 bits per heavy atom. The monoisotopic (exact) mass is 309 g/mol. The van der Waals surface area contributed by atoms with E-state index in [1.165, 1.54) is 18.2 Å². The normalized spacial score (nSPS) is 11.1. The van der Waals surface area contributed by atoms with Crippen molar-refractivity contribution in [2.24, 2.45) is 10.2 Å². The van der Waals surface area contributed by atoms with Crippen LogP contribution >= 0.6 is 0 Å². The van der Waals surface area contributed by atoms with Gasteiger partial charge in [-0.3, -0.25) is 9.78 Å². The lowest BCUT2D eigenvalue weighted by Gasteiger charge is -2.04. The van der Waals surface area contributed by atoms with Crippen molar-refractivity contribution in [1.29, 1.82) is 0 Å². The van der Waals surface area contributed by atoms with Crippen LogP contribution < -0.4 is 5.56 Å². The van der Waals surface area contributed by atoms with E-state index in [4.69, 9.17) is 0 Å². The second-order valence-electron chi connectivity index (χ2n) is 4.78. The fraction of sp³-hybridized carbons (Fsp3) is 0. The predicted molar refractivity (Wildman–Crippen MR) is 83.8 cm³/mol. The molecule has 0 spiro atoms. The molecular weight excluding hydrogens is 298 g/mol. The molecule has 0 unspecified atom stereocenters. The van der Waals surface area contributed by atoms with Crippen LogP contribution in [0.2, 0.25) is 0 Å². The highest BCUT2D eigenvalue weighted by Gasteiger charge is 2.12. The van der Waals surface area contributed by atoms with Gasteiger partial charge in [-0.1, -0.05) is 24.3 Å². The van der Waals surface area contributed by atoms with Gasteiger partial charge in [0.05, 0.1) is 5.56 Å². The summed E-state index contributed by atoms with van der Waals surface area (Å²) in [4.78, 5) is 24.6. The third-order valence-electron chi connectivity index (χ3n) is 3.24. The zero-order valence-electron chi connectivity index (χ0n) is 11.7.